The SMILES string of the molecule is Cc1cccc(C(O)c2c(F)cc(Br)cc2F)c1C. The Bertz CT molecular complexity index is 603. The highest BCUT2D eigenvalue weighted by molar-refractivity contribution is 9.10. The van der Waals surface area contributed by atoms with Gasteiger partial charge in [-0.05, 0) is 42.7 Å². The molecule has 1 unspecified atom stereocenters. The zero-order chi connectivity index (χ0) is 14.2. The summed E-state index contributed by atoms with van der Waals surface area (Å²) in [7, 11) is 0. The lowest BCUT2D eigenvalue weighted by atomic mass is 9.94. The molecule has 19 heavy (non-hydrogen) atoms. The molecule has 0 bridgehead atoms. The molecule has 0 saturated carbocycles. The number of hydrogen-bond acceptors (Lipinski definition) is 1. The molecule has 0 fully saturated rings. The molecular weight excluding hydrogens is 314 g/mol. The van der Waals surface area contributed by atoms with Gasteiger partial charge in [0.25, 0.3) is 0 Å². The fourth-order valence-electron chi connectivity index (χ4n) is 2.04. The molecule has 0 aliphatic heterocycles. The van der Waals surface area contributed by atoms with Crippen LogP contribution in [0.15, 0.2) is 34.8 Å². The van der Waals surface area contributed by atoms with Gasteiger partial charge < -0.3 is 5.11 Å². The Morgan fingerprint density at radius 1 is 1.11 bits per heavy atom. The standard InChI is InChI=1S/C15H13BrF2O/c1-8-4-3-5-11(9(8)2)15(19)14-12(17)6-10(16)7-13(14)18/h3-7,15,19H,1-2H3. The second-order valence-electron chi connectivity index (χ2n) is 4.47. The van der Waals surface area contributed by atoms with Gasteiger partial charge in [-0.2, -0.15) is 0 Å². The Kier molecular flexibility index (Phi) is 4.02. The predicted molar refractivity (Wildman–Crippen MR) is 74.0 cm³/mol. The van der Waals surface area contributed by atoms with Crippen molar-refractivity contribution in [3.8, 4) is 0 Å². The van der Waals surface area contributed by atoms with Gasteiger partial charge in [0.05, 0.1) is 5.56 Å². The van der Waals surface area contributed by atoms with Crippen molar-refractivity contribution in [1.29, 1.82) is 0 Å². The number of hydrogen-bond donors (Lipinski definition) is 1. The van der Waals surface area contributed by atoms with Crippen LogP contribution in [0.2, 0.25) is 0 Å². The number of aliphatic hydroxyl groups is 1. The lowest BCUT2D eigenvalue weighted by Crippen LogP contribution is -2.08. The average Bonchev–Trinajstić information content (AvgIpc) is 2.31. The molecule has 100 valence electrons. The van der Waals surface area contributed by atoms with Crippen molar-refractivity contribution in [2.75, 3.05) is 0 Å². The van der Waals surface area contributed by atoms with Gasteiger partial charge in [-0.3, -0.25) is 0 Å². The molecule has 2 aromatic rings. The summed E-state index contributed by atoms with van der Waals surface area (Å²) in [5, 5.41) is 10.3. The highest BCUT2D eigenvalue weighted by Gasteiger charge is 2.22. The van der Waals surface area contributed by atoms with Gasteiger partial charge in [-0.15, -0.1) is 0 Å². The minimum Gasteiger partial charge on any atom is -0.383 e. The van der Waals surface area contributed by atoms with Crippen molar-refractivity contribution in [3.05, 3.63) is 68.7 Å². The minimum atomic E-state index is -1.31. The van der Waals surface area contributed by atoms with Crippen LogP contribution in [0.5, 0.6) is 0 Å². The van der Waals surface area contributed by atoms with Crippen molar-refractivity contribution < 1.29 is 13.9 Å². The van der Waals surface area contributed by atoms with E-state index in [2.05, 4.69) is 15.9 Å². The third kappa shape index (κ3) is 2.69. The van der Waals surface area contributed by atoms with Gasteiger partial charge >= 0.3 is 0 Å². The molecule has 4 heteroatoms. The minimum absolute atomic E-state index is 0.305. The van der Waals surface area contributed by atoms with E-state index in [4.69, 9.17) is 0 Å². The van der Waals surface area contributed by atoms with E-state index < -0.39 is 17.7 Å². The summed E-state index contributed by atoms with van der Waals surface area (Å²) in [6, 6.07) is 7.61. The second-order valence-corrected chi connectivity index (χ2v) is 5.39. The monoisotopic (exact) mass is 326 g/mol. The Hall–Kier alpha value is -1.26. The Morgan fingerprint density at radius 2 is 1.68 bits per heavy atom. The summed E-state index contributed by atoms with van der Waals surface area (Å²) < 4.78 is 28.0. The Morgan fingerprint density at radius 3 is 2.26 bits per heavy atom. The van der Waals surface area contributed by atoms with Gasteiger partial charge in [-0.1, -0.05) is 34.1 Å². The maximum atomic E-state index is 13.8. The molecule has 0 aliphatic carbocycles. The summed E-state index contributed by atoms with van der Waals surface area (Å²) >= 11 is 3.02. The summed E-state index contributed by atoms with van der Waals surface area (Å²) in [5.74, 6) is -1.53. The van der Waals surface area contributed by atoms with Crippen LogP contribution in [-0.4, -0.2) is 5.11 Å². The highest BCUT2D eigenvalue weighted by atomic mass is 79.9. The fourth-order valence-corrected chi connectivity index (χ4v) is 2.44. The van der Waals surface area contributed by atoms with Gasteiger partial charge in [0, 0.05) is 4.47 Å². The molecular formula is C15H13BrF2O. The van der Waals surface area contributed by atoms with Crippen molar-refractivity contribution >= 4 is 15.9 Å². The van der Waals surface area contributed by atoms with E-state index in [0.717, 1.165) is 23.3 Å². The third-order valence-electron chi connectivity index (χ3n) is 3.26. The number of aliphatic hydroxyl groups excluding tert-OH is 1. The first kappa shape index (κ1) is 14.2. The molecule has 0 amide bonds. The molecule has 1 atom stereocenters. The van der Waals surface area contributed by atoms with E-state index in [1.807, 2.05) is 19.9 Å². The van der Waals surface area contributed by atoms with Gasteiger partial charge in [0.1, 0.15) is 17.7 Å². The second kappa shape index (κ2) is 5.39. The van der Waals surface area contributed by atoms with Crippen molar-refractivity contribution in [2.45, 2.75) is 20.0 Å². The first-order valence-electron chi connectivity index (χ1n) is 5.80. The molecule has 0 aliphatic rings. The highest BCUT2D eigenvalue weighted by Crippen LogP contribution is 2.31. The fraction of sp³-hybridized carbons (Fsp3) is 0.200. The third-order valence-corrected chi connectivity index (χ3v) is 3.72. The smallest absolute Gasteiger partial charge is 0.133 e. The molecule has 2 rings (SSSR count). The Labute approximate surface area is 119 Å². The lowest BCUT2D eigenvalue weighted by molar-refractivity contribution is 0.208. The molecule has 0 saturated heterocycles. The van der Waals surface area contributed by atoms with E-state index in [9.17, 15) is 13.9 Å². The number of benzene rings is 2. The molecule has 0 radical (unpaired) electrons. The first-order chi connectivity index (χ1) is 8.91. The summed E-state index contributed by atoms with van der Waals surface area (Å²) in [5.41, 5.74) is 1.99. The van der Waals surface area contributed by atoms with E-state index in [1.165, 1.54) is 0 Å². The topological polar surface area (TPSA) is 20.2 Å². The zero-order valence-corrected chi connectivity index (χ0v) is 12.1. The van der Waals surface area contributed by atoms with Crippen molar-refractivity contribution in [1.82, 2.24) is 0 Å². The summed E-state index contributed by atoms with van der Waals surface area (Å²) in [6.45, 7) is 3.71. The summed E-state index contributed by atoms with van der Waals surface area (Å²) in [4.78, 5) is 0. The van der Waals surface area contributed by atoms with Crippen LogP contribution in [0.3, 0.4) is 0 Å². The lowest BCUT2D eigenvalue weighted by Gasteiger charge is -2.17. The molecule has 0 aromatic heterocycles. The molecule has 0 heterocycles. The summed E-state index contributed by atoms with van der Waals surface area (Å²) in [6.07, 6.45) is -1.31. The molecule has 1 N–H and O–H groups in total. The van der Waals surface area contributed by atoms with Crippen LogP contribution in [-0.2, 0) is 0 Å². The van der Waals surface area contributed by atoms with E-state index in [1.54, 1.807) is 12.1 Å². The maximum absolute atomic E-state index is 13.8. The van der Waals surface area contributed by atoms with Gasteiger partial charge in [0.15, 0.2) is 0 Å². The van der Waals surface area contributed by atoms with E-state index >= 15 is 0 Å². The van der Waals surface area contributed by atoms with Gasteiger partial charge in [0.2, 0.25) is 0 Å². The van der Waals surface area contributed by atoms with Crippen LogP contribution >= 0.6 is 15.9 Å². The first-order valence-corrected chi connectivity index (χ1v) is 6.59. The molecule has 1 nitrogen and oxygen atoms in total. The maximum Gasteiger partial charge on any atom is 0.133 e. The normalized spacial score (nSPS) is 12.5. The number of aryl methyl sites for hydroxylation is 1. The van der Waals surface area contributed by atoms with Crippen LogP contribution < -0.4 is 0 Å². The largest absolute Gasteiger partial charge is 0.383 e. The van der Waals surface area contributed by atoms with Crippen LogP contribution in [0.1, 0.15) is 28.4 Å². The van der Waals surface area contributed by atoms with Gasteiger partial charge in [-0.25, -0.2) is 8.78 Å². The zero-order valence-electron chi connectivity index (χ0n) is 10.5. The quantitative estimate of drug-likeness (QED) is 0.865. The Balaban J connectivity index is 2.56. The number of halogens is 3. The van der Waals surface area contributed by atoms with Crippen molar-refractivity contribution in [2.24, 2.45) is 0 Å². The predicted octanol–water partition coefficient (Wildman–Crippen LogP) is 4.43. The van der Waals surface area contributed by atoms with Crippen LogP contribution in [0.4, 0.5) is 8.78 Å². The average molecular weight is 327 g/mol. The van der Waals surface area contributed by atoms with Crippen molar-refractivity contribution in [3.63, 3.8) is 0 Å². The van der Waals surface area contributed by atoms with Crippen LogP contribution in [0, 0.1) is 25.5 Å². The van der Waals surface area contributed by atoms with E-state index in [0.29, 0.717) is 10.0 Å². The van der Waals surface area contributed by atoms with E-state index in [-0.39, 0.29) is 5.56 Å². The molecule has 2 aromatic carbocycles. The van der Waals surface area contributed by atoms with Crippen LogP contribution in [0.25, 0.3) is 0 Å². The molecule has 0 spiro atoms. The number of rotatable bonds is 2.